The Morgan fingerprint density at radius 3 is 2.65 bits per heavy atom. The second-order valence-corrected chi connectivity index (χ2v) is 5.36. The number of rotatable bonds is 2. The molecule has 1 aromatic heterocycles. The van der Waals surface area contributed by atoms with Gasteiger partial charge < -0.3 is 10.0 Å². The predicted octanol–water partition coefficient (Wildman–Crippen LogP) is 2.41. The lowest BCUT2D eigenvalue weighted by atomic mass is 9.82. The number of pyridine rings is 1. The van der Waals surface area contributed by atoms with E-state index in [1.807, 2.05) is 6.07 Å². The molecular formula is C13H18N2O2. The van der Waals surface area contributed by atoms with E-state index in [0.29, 0.717) is 5.41 Å². The largest absolute Gasteiger partial charge is 0.477 e. The number of aromatic carboxylic acids is 1. The van der Waals surface area contributed by atoms with E-state index in [1.54, 1.807) is 12.3 Å². The topological polar surface area (TPSA) is 53.4 Å². The normalized spacial score (nSPS) is 19.1. The third-order valence-electron chi connectivity index (χ3n) is 3.44. The smallest absolute Gasteiger partial charge is 0.354 e. The Labute approximate surface area is 101 Å². The van der Waals surface area contributed by atoms with Crippen LogP contribution in [0.3, 0.4) is 0 Å². The van der Waals surface area contributed by atoms with Crippen LogP contribution in [0.4, 0.5) is 5.69 Å². The number of aromatic nitrogens is 1. The number of nitrogens with zero attached hydrogens (tertiary/aromatic N) is 2. The number of anilines is 1. The number of carboxylic acids is 1. The molecule has 0 unspecified atom stereocenters. The minimum Gasteiger partial charge on any atom is -0.477 e. The molecule has 0 spiro atoms. The van der Waals surface area contributed by atoms with Crippen molar-refractivity contribution in [2.24, 2.45) is 5.41 Å². The van der Waals surface area contributed by atoms with Gasteiger partial charge in [0.25, 0.3) is 0 Å². The van der Waals surface area contributed by atoms with Gasteiger partial charge in [-0.3, -0.25) is 0 Å². The van der Waals surface area contributed by atoms with Crippen LogP contribution in [0.2, 0.25) is 0 Å². The van der Waals surface area contributed by atoms with E-state index in [4.69, 9.17) is 5.11 Å². The van der Waals surface area contributed by atoms with Gasteiger partial charge in [-0.05, 0) is 30.4 Å². The van der Waals surface area contributed by atoms with Gasteiger partial charge in [0.15, 0.2) is 0 Å². The van der Waals surface area contributed by atoms with E-state index in [0.717, 1.165) is 31.6 Å². The van der Waals surface area contributed by atoms with Crippen molar-refractivity contribution in [3.63, 3.8) is 0 Å². The van der Waals surface area contributed by atoms with E-state index < -0.39 is 5.97 Å². The fraction of sp³-hybridized carbons (Fsp3) is 0.538. The van der Waals surface area contributed by atoms with Gasteiger partial charge in [0.2, 0.25) is 0 Å². The molecule has 0 aromatic carbocycles. The first-order valence-corrected chi connectivity index (χ1v) is 5.92. The highest BCUT2D eigenvalue weighted by Crippen LogP contribution is 2.32. The van der Waals surface area contributed by atoms with Gasteiger partial charge in [-0.1, -0.05) is 13.8 Å². The van der Waals surface area contributed by atoms with Gasteiger partial charge >= 0.3 is 5.97 Å². The molecule has 1 aliphatic heterocycles. The van der Waals surface area contributed by atoms with Gasteiger partial charge in [-0.2, -0.15) is 0 Å². The summed E-state index contributed by atoms with van der Waals surface area (Å²) in [6.07, 6.45) is 3.84. The number of carboxylic acid groups (broad SMARTS) is 1. The molecule has 2 rings (SSSR count). The molecule has 1 aromatic rings. The molecule has 0 bridgehead atoms. The summed E-state index contributed by atoms with van der Waals surface area (Å²) in [5.74, 6) is -0.968. The standard InChI is InChI=1S/C13H18N2O2/c1-13(2)4-7-15(8-5-13)10-3-6-14-11(9-10)12(16)17/h3,6,9H,4-5,7-8H2,1-2H3,(H,16,17). The van der Waals surface area contributed by atoms with E-state index in [-0.39, 0.29) is 5.69 Å². The molecule has 1 fully saturated rings. The molecule has 1 aliphatic rings. The molecule has 92 valence electrons. The Morgan fingerprint density at radius 2 is 2.06 bits per heavy atom. The van der Waals surface area contributed by atoms with Crippen molar-refractivity contribution in [1.82, 2.24) is 4.98 Å². The number of hydrogen-bond acceptors (Lipinski definition) is 3. The molecule has 0 atom stereocenters. The molecule has 4 heteroatoms. The predicted molar refractivity (Wildman–Crippen MR) is 66.4 cm³/mol. The highest BCUT2D eigenvalue weighted by Gasteiger charge is 2.25. The fourth-order valence-corrected chi connectivity index (χ4v) is 2.10. The maximum Gasteiger partial charge on any atom is 0.354 e. The fourth-order valence-electron chi connectivity index (χ4n) is 2.10. The summed E-state index contributed by atoms with van der Waals surface area (Å²) in [6.45, 7) is 6.52. The van der Waals surface area contributed by atoms with Crippen LogP contribution >= 0.6 is 0 Å². The third-order valence-corrected chi connectivity index (χ3v) is 3.44. The van der Waals surface area contributed by atoms with Crippen molar-refractivity contribution >= 4 is 11.7 Å². The van der Waals surface area contributed by atoms with Crippen LogP contribution in [0, 0.1) is 5.41 Å². The number of piperidine rings is 1. The summed E-state index contributed by atoms with van der Waals surface area (Å²) in [4.78, 5) is 16.9. The summed E-state index contributed by atoms with van der Waals surface area (Å²) in [5, 5.41) is 8.91. The Morgan fingerprint density at radius 1 is 1.41 bits per heavy atom. The van der Waals surface area contributed by atoms with Gasteiger partial charge in [0, 0.05) is 25.0 Å². The van der Waals surface area contributed by atoms with Crippen molar-refractivity contribution < 1.29 is 9.90 Å². The molecule has 1 saturated heterocycles. The second-order valence-electron chi connectivity index (χ2n) is 5.36. The van der Waals surface area contributed by atoms with Crippen molar-refractivity contribution in [1.29, 1.82) is 0 Å². The Kier molecular flexibility index (Phi) is 3.05. The molecule has 17 heavy (non-hydrogen) atoms. The molecule has 0 radical (unpaired) electrons. The zero-order valence-corrected chi connectivity index (χ0v) is 10.3. The molecule has 0 saturated carbocycles. The first-order valence-electron chi connectivity index (χ1n) is 5.92. The molecular weight excluding hydrogens is 216 g/mol. The van der Waals surface area contributed by atoms with E-state index in [2.05, 4.69) is 23.7 Å². The van der Waals surface area contributed by atoms with Crippen molar-refractivity contribution in [3.05, 3.63) is 24.0 Å². The minimum atomic E-state index is -0.968. The highest BCUT2D eigenvalue weighted by molar-refractivity contribution is 5.86. The summed E-state index contributed by atoms with van der Waals surface area (Å²) >= 11 is 0. The van der Waals surface area contributed by atoms with Gasteiger partial charge in [0.05, 0.1) is 0 Å². The average Bonchev–Trinajstić information content (AvgIpc) is 2.29. The van der Waals surface area contributed by atoms with Crippen LogP contribution in [0.25, 0.3) is 0 Å². The van der Waals surface area contributed by atoms with Gasteiger partial charge in [-0.15, -0.1) is 0 Å². The van der Waals surface area contributed by atoms with Crippen LogP contribution in [-0.2, 0) is 0 Å². The summed E-state index contributed by atoms with van der Waals surface area (Å²) in [6, 6.07) is 3.53. The third kappa shape index (κ3) is 2.75. The van der Waals surface area contributed by atoms with Crippen molar-refractivity contribution in [3.8, 4) is 0 Å². The lowest BCUT2D eigenvalue weighted by Gasteiger charge is -2.38. The molecule has 0 aliphatic carbocycles. The number of hydrogen-bond donors (Lipinski definition) is 1. The van der Waals surface area contributed by atoms with E-state index in [9.17, 15) is 4.79 Å². The maximum atomic E-state index is 10.9. The summed E-state index contributed by atoms with van der Waals surface area (Å²) < 4.78 is 0. The summed E-state index contributed by atoms with van der Waals surface area (Å²) in [7, 11) is 0. The quantitative estimate of drug-likeness (QED) is 0.853. The minimum absolute atomic E-state index is 0.118. The van der Waals surface area contributed by atoms with Crippen LogP contribution in [0.15, 0.2) is 18.3 Å². The first-order chi connectivity index (χ1) is 7.98. The zero-order chi connectivity index (χ0) is 12.5. The monoisotopic (exact) mass is 234 g/mol. The zero-order valence-electron chi connectivity index (χ0n) is 10.3. The Hall–Kier alpha value is -1.58. The molecule has 1 N–H and O–H groups in total. The van der Waals surface area contributed by atoms with E-state index in [1.165, 1.54) is 0 Å². The van der Waals surface area contributed by atoms with E-state index >= 15 is 0 Å². The Balaban J connectivity index is 2.13. The SMILES string of the molecule is CC1(C)CCN(c2ccnc(C(=O)O)c2)CC1. The van der Waals surface area contributed by atoms with Crippen LogP contribution < -0.4 is 4.90 Å². The first kappa shape index (κ1) is 11.9. The lowest BCUT2D eigenvalue weighted by Crippen LogP contribution is -2.37. The average molecular weight is 234 g/mol. The van der Waals surface area contributed by atoms with Gasteiger partial charge in [-0.25, -0.2) is 9.78 Å². The highest BCUT2D eigenvalue weighted by atomic mass is 16.4. The van der Waals surface area contributed by atoms with Crippen molar-refractivity contribution in [2.75, 3.05) is 18.0 Å². The van der Waals surface area contributed by atoms with Gasteiger partial charge in [0.1, 0.15) is 5.69 Å². The van der Waals surface area contributed by atoms with Crippen LogP contribution in [0.1, 0.15) is 37.2 Å². The Bertz CT molecular complexity index is 419. The number of carbonyl (C=O) groups is 1. The van der Waals surface area contributed by atoms with Crippen molar-refractivity contribution in [2.45, 2.75) is 26.7 Å². The maximum absolute atomic E-state index is 10.9. The molecule has 0 amide bonds. The summed E-state index contributed by atoms with van der Waals surface area (Å²) in [5.41, 5.74) is 1.49. The molecule has 4 nitrogen and oxygen atoms in total. The second kappa shape index (κ2) is 4.35. The van der Waals surface area contributed by atoms with Crippen LogP contribution in [0.5, 0.6) is 0 Å². The van der Waals surface area contributed by atoms with Crippen LogP contribution in [-0.4, -0.2) is 29.1 Å². The molecule has 2 heterocycles. The lowest BCUT2D eigenvalue weighted by molar-refractivity contribution is 0.0690.